The van der Waals surface area contributed by atoms with E-state index in [1.807, 2.05) is 53.5 Å². The topological polar surface area (TPSA) is 76.9 Å². The van der Waals surface area contributed by atoms with Crippen molar-refractivity contribution in [2.24, 2.45) is 0 Å². The molecule has 150 valence electrons. The number of nitro groups is 1. The molecule has 0 radical (unpaired) electrons. The lowest BCUT2D eigenvalue weighted by Crippen LogP contribution is -2.43. The predicted octanol–water partition coefficient (Wildman–Crippen LogP) is 4.60. The molecule has 2 aliphatic rings. The molecule has 0 spiro atoms. The summed E-state index contributed by atoms with van der Waals surface area (Å²) < 4.78 is 11.5. The molecular formula is C23H19N3O4. The van der Waals surface area contributed by atoms with Gasteiger partial charge in [-0.1, -0.05) is 18.2 Å². The van der Waals surface area contributed by atoms with Crippen molar-refractivity contribution in [3.8, 4) is 11.5 Å². The minimum absolute atomic E-state index is 0.0350. The number of nitro benzene ring substituents is 1. The van der Waals surface area contributed by atoms with E-state index in [1.165, 1.54) is 12.1 Å². The van der Waals surface area contributed by atoms with E-state index < -0.39 is 11.2 Å². The molecule has 0 aromatic heterocycles. The number of nitrogens with one attached hydrogen (secondary N) is 1. The largest absolute Gasteiger partial charge is 0.497 e. The predicted molar refractivity (Wildman–Crippen MR) is 112 cm³/mol. The van der Waals surface area contributed by atoms with Crippen LogP contribution in [0.5, 0.6) is 11.5 Å². The number of nitrogens with zero attached hydrogens (tertiary/aromatic N) is 2. The van der Waals surface area contributed by atoms with Gasteiger partial charge in [-0.25, -0.2) is 0 Å². The van der Waals surface area contributed by atoms with E-state index in [4.69, 9.17) is 9.47 Å². The van der Waals surface area contributed by atoms with Crippen molar-refractivity contribution in [1.82, 2.24) is 10.4 Å². The number of hydrogen-bond donors (Lipinski definition) is 1. The molecule has 2 heterocycles. The summed E-state index contributed by atoms with van der Waals surface area (Å²) in [6.07, 6.45) is 1.74. The molecule has 0 saturated heterocycles. The third-order valence-corrected chi connectivity index (χ3v) is 5.39. The number of hydrazine groups is 1. The van der Waals surface area contributed by atoms with Crippen LogP contribution in [0, 0.1) is 10.1 Å². The van der Waals surface area contributed by atoms with Crippen molar-refractivity contribution in [3.63, 3.8) is 0 Å². The van der Waals surface area contributed by atoms with Crippen LogP contribution in [0.1, 0.15) is 29.0 Å². The van der Waals surface area contributed by atoms with Crippen molar-refractivity contribution in [2.75, 3.05) is 7.11 Å². The summed E-state index contributed by atoms with van der Waals surface area (Å²) in [6.45, 7) is 0. The fourth-order valence-corrected chi connectivity index (χ4v) is 3.86. The number of non-ortho nitro benzene ring substituents is 1. The van der Waals surface area contributed by atoms with E-state index in [0.717, 1.165) is 33.9 Å². The number of fused-ring (bicyclic) bond motifs is 3. The molecule has 1 N–H and O–H groups in total. The Bertz CT molecular complexity index is 1130. The molecule has 0 unspecified atom stereocenters. The van der Waals surface area contributed by atoms with Crippen molar-refractivity contribution < 1.29 is 14.4 Å². The first kappa shape index (κ1) is 18.2. The SMILES string of the molecule is COc1ccc(C2=C[C@@H]3c4ccccc4O[C@@H](c4ccc([N+](=O)[O-])cc4)N3N2)cc1. The van der Waals surface area contributed by atoms with Gasteiger partial charge in [-0.3, -0.25) is 10.1 Å². The van der Waals surface area contributed by atoms with Gasteiger partial charge in [0.1, 0.15) is 11.5 Å². The van der Waals surface area contributed by atoms with Gasteiger partial charge < -0.3 is 14.9 Å². The summed E-state index contributed by atoms with van der Waals surface area (Å²) in [5, 5.41) is 13.0. The Morgan fingerprint density at radius 1 is 1.03 bits per heavy atom. The molecule has 2 atom stereocenters. The Morgan fingerprint density at radius 3 is 2.47 bits per heavy atom. The number of rotatable bonds is 4. The lowest BCUT2D eigenvalue weighted by molar-refractivity contribution is -0.384. The third-order valence-electron chi connectivity index (χ3n) is 5.39. The van der Waals surface area contributed by atoms with E-state index in [1.54, 1.807) is 19.2 Å². The minimum atomic E-state index is -0.433. The molecule has 0 bridgehead atoms. The summed E-state index contributed by atoms with van der Waals surface area (Å²) in [4.78, 5) is 10.6. The molecule has 7 nitrogen and oxygen atoms in total. The minimum Gasteiger partial charge on any atom is -0.497 e. The van der Waals surface area contributed by atoms with Crippen LogP contribution in [0.4, 0.5) is 5.69 Å². The first-order valence-corrected chi connectivity index (χ1v) is 9.55. The highest BCUT2D eigenvalue weighted by atomic mass is 16.6. The molecule has 0 aliphatic carbocycles. The highest BCUT2D eigenvalue weighted by Crippen LogP contribution is 2.46. The van der Waals surface area contributed by atoms with Gasteiger partial charge in [0, 0.05) is 23.3 Å². The lowest BCUT2D eigenvalue weighted by Gasteiger charge is -2.38. The summed E-state index contributed by atoms with van der Waals surface area (Å²) in [5.41, 5.74) is 7.41. The average Bonchev–Trinajstić information content (AvgIpc) is 3.24. The highest BCUT2D eigenvalue weighted by molar-refractivity contribution is 5.68. The molecule has 3 aromatic rings. The number of hydrogen-bond acceptors (Lipinski definition) is 6. The Labute approximate surface area is 173 Å². The van der Waals surface area contributed by atoms with Gasteiger partial charge in [0.2, 0.25) is 0 Å². The van der Waals surface area contributed by atoms with Gasteiger partial charge in [-0.2, -0.15) is 5.01 Å². The quantitative estimate of drug-likeness (QED) is 0.509. The summed E-state index contributed by atoms with van der Waals surface area (Å²) in [5.74, 6) is 1.60. The molecule has 0 saturated carbocycles. The van der Waals surface area contributed by atoms with Gasteiger partial charge in [-0.05, 0) is 54.1 Å². The number of ether oxygens (including phenoxy) is 2. The van der Waals surface area contributed by atoms with Crippen LogP contribution in [0.25, 0.3) is 5.70 Å². The number of methoxy groups -OCH3 is 1. The zero-order valence-electron chi connectivity index (χ0n) is 16.2. The average molecular weight is 401 g/mol. The van der Waals surface area contributed by atoms with Crippen molar-refractivity contribution in [3.05, 3.63) is 106 Å². The van der Waals surface area contributed by atoms with Crippen LogP contribution < -0.4 is 14.9 Å². The normalized spacial score (nSPS) is 19.7. The van der Waals surface area contributed by atoms with Crippen LogP contribution in [-0.2, 0) is 0 Å². The van der Waals surface area contributed by atoms with E-state index in [9.17, 15) is 10.1 Å². The Balaban J connectivity index is 1.52. The molecule has 0 amide bonds. The maximum atomic E-state index is 11.0. The van der Waals surface area contributed by atoms with Crippen LogP contribution in [-0.4, -0.2) is 17.0 Å². The molecule has 7 heteroatoms. The highest BCUT2D eigenvalue weighted by Gasteiger charge is 2.40. The zero-order chi connectivity index (χ0) is 20.7. The van der Waals surface area contributed by atoms with Gasteiger partial charge in [-0.15, -0.1) is 0 Å². The van der Waals surface area contributed by atoms with Gasteiger partial charge in [0.15, 0.2) is 6.23 Å². The summed E-state index contributed by atoms with van der Waals surface area (Å²) >= 11 is 0. The summed E-state index contributed by atoms with van der Waals surface area (Å²) in [7, 11) is 1.64. The second-order valence-electron chi connectivity index (χ2n) is 7.13. The van der Waals surface area contributed by atoms with Gasteiger partial charge in [0.05, 0.1) is 23.8 Å². The molecule has 0 fully saturated rings. The van der Waals surface area contributed by atoms with E-state index in [0.29, 0.717) is 0 Å². The molecule has 5 rings (SSSR count). The van der Waals surface area contributed by atoms with Crippen molar-refractivity contribution >= 4 is 11.4 Å². The first-order chi connectivity index (χ1) is 14.6. The molecular weight excluding hydrogens is 382 g/mol. The monoisotopic (exact) mass is 401 g/mol. The standard InChI is InChI=1S/C23H19N3O4/c1-29-18-12-8-15(9-13-18)20-14-21-19-4-2-3-5-22(19)30-23(25(21)24-20)16-6-10-17(11-7-16)26(27)28/h2-14,21,23-24H,1H3/t21-,23+/m1/s1. The zero-order valence-corrected chi connectivity index (χ0v) is 16.2. The molecule has 3 aromatic carbocycles. The maximum absolute atomic E-state index is 11.0. The van der Waals surface area contributed by atoms with E-state index in [2.05, 4.69) is 11.5 Å². The Hall–Kier alpha value is -3.84. The van der Waals surface area contributed by atoms with Crippen LogP contribution in [0.15, 0.2) is 78.9 Å². The van der Waals surface area contributed by atoms with Crippen LogP contribution in [0.3, 0.4) is 0 Å². The molecule has 30 heavy (non-hydrogen) atoms. The van der Waals surface area contributed by atoms with Crippen LogP contribution >= 0.6 is 0 Å². The maximum Gasteiger partial charge on any atom is 0.269 e. The number of benzene rings is 3. The Kier molecular flexibility index (Phi) is 4.37. The third kappa shape index (κ3) is 3.05. The van der Waals surface area contributed by atoms with E-state index >= 15 is 0 Å². The smallest absolute Gasteiger partial charge is 0.269 e. The van der Waals surface area contributed by atoms with Crippen molar-refractivity contribution in [2.45, 2.75) is 12.3 Å². The number of para-hydroxylation sites is 1. The lowest BCUT2D eigenvalue weighted by atomic mass is 10.0. The fourth-order valence-electron chi connectivity index (χ4n) is 3.86. The van der Waals surface area contributed by atoms with E-state index in [-0.39, 0.29) is 11.7 Å². The fraction of sp³-hybridized carbons (Fsp3) is 0.130. The van der Waals surface area contributed by atoms with Gasteiger partial charge >= 0.3 is 0 Å². The van der Waals surface area contributed by atoms with Crippen LogP contribution in [0.2, 0.25) is 0 Å². The first-order valence-electron chi connectivity index (χ1n) is 9.55. The molecule has 2 aliphatic heterocycles. The van der Waals surface area contributed by atoms with Gasteiger partial charge in [0.25, 0.3) is 5.69 Å². The van der Waals surface area contributed by atoms with Crippen molar-refractivity contribution in [1.29, 1.82) is 0 Å². The Morgan fingerprint density at radius 2 is 1.77 bits per heavy atom. The second-order valence-corrected chi connectivity index (χ2v) is 7.13. The summed E-state index contributed by atoms with van der Waals surface area (Å²) in [6, 6.07) is 22.2. The second kappa shape index (κ2) is 7.20.